The first-order chi connectivity index (χ1) is 9.97. The lowest BCUT2D eigenvalue weighted by molar-refractivity contribution is -0.384. The average molecular weight is 296 g/mol. The molecule has 0 aliphatic carbocycles. The van der Waals surface area contributed by atoms with Crippen LogP contribution >= 0.6 is 0 Å². The fourth-order valence-corrected chi connectivity index (χ4v) is 1.69. The number of carbonyl (C=O) groups is 1. The molecule has 116 valence electrons. The molecular formula is C14H20N2O5. The van der Waals surface area contributed by atoms with Crippen molar-refractivity contribution in [2.75, 3.05) is 31.7 Å². The number of nitro benzene ring substituents is 1. The first-order valence-corrected chi connectivity index (χ1v) is 6.77. The van der Waals surface area contributed by atoms with Crippen LogP contribution in [0.5, 0.6) is 5.75 Å². The summed E-state index contributed by atoms with van der Waals surface area (Å²) in [6, 6.07) is 4.44. The monoisotopic (exact) mass is 296 g/mol. The molecule has 0 saturated heterocycles. The maximum Gasteiger partial charge on any atom is 0.325 e. The molecule has 0 amide bonds. The van der Waals surface area contributed by atoms with E-state index in [1.54, 1.807) is 24.9 Å². The minimum atomic E-state index is -0.486. The van der Waals surface area contributed by atoms with E-state index in [1.165, 1.54) is 12.1 Å². The van der Waals surface area contributed by atoms with Crippen molar-refractivity contribution in [2.24, 2.45) is 0 Å². The molecule has 0 fully saturated rings. The largest absolute Gasteiger partial charge is 0.493 e. The normalized spacial score (nSPS) is 10.0. The lowest BCUT2D eigenvalue weighted by Gasteiger charge is -2.19. The highest BCUT2D eigenvalue weighted by Crippen LogP contribution is 2.28. The van der Waals surface area contributed by atoms with E-state index in [0.29, 0.717) is 24.7 Å². The van der Waals surface area contributed by atoms with E-state index in [4.69, 9.17) is 9.47 Å². The zero-order chi connectivity index (χ0) is 15.8. The number of nitro groups is 1. The van der Waals surface area contributed by atoms with Gasteiger partial charge in [0.05, 0.1) is 24.2 Å². The van der Waals surface area contributed by atoms with Crippen molar-refractivity contribution in [3.63, 3.8) is 0 Å². The van der Waals surface area contributed by atoms with Crippen LogP contribution in [0, 0.1) is 10.1 Å². The molecule has 1 aromatic rings. The van der Waals surface area contributed by atoms with Crippen LogP contribution < -0.4 is 9.64 Å². The third-order valence-electron chi connectivity index (χ3n) is 2.67. The number of hydrogen-bond donors (Lipinski definition) is 0. The van der Waals surface area contributed by atoms with Crippen LogP contribution in [0.3, 0.4) is 0 Å². The zero-order valence-corrected chi connectivity index (χ0v) is 12.5. The van der Waals surface area contributed by atoms with Gasteiger partial charge in [-0.2, -0.15) is 0 Å². The molecule has 21 heavy (non-hydrogen) atoms. The third kappa shape index (κ3) is 5.29. The minimum absolute atomic E-state index is 0.0161. The van der Waals surface area contributed by atoms with Gasteiger partial charge in [0.1, 0.15) is 12.3 Å². The van der Waals surface area contributed by atoms with Crippen molar-refractivity contribution in [2.45, 2.75) is 20.3 Å². The number of ether oxygens (including phenoxy) is 2. The van der Waals surface area contributed by atoms with Crippen LogP contribution in [-0.2, 0) is 9.53 Å². The fourth-order valence-electron chi connectivity index (χ4n) is 1.69. The third-order valence-corrected chi connectivity index (χ3v) is 2.67. The van der Waals surface area contributed by atoms with Crippen LogP contribution in [0.1, 0.15) is 20.3 Å². The Hall–Kier alpha value is -2.31. The van der Waals surface area contributed by atoms with Crippen LogP contribution in [0.15, 0.2) is 18.2 Å². The van der Waals surface area contributed by atoms with Gasteiger partial charge >= 0.3 is 5.97 Å². The molecule has 0 aliphatic heterocycles. The van der Waals surface area contributed by atoms with Crippen LogP contribution in [0.4, 0.5) is 11.4 Å². The van der Waals surface area contributed by atoms with Crippen LogP contribution in [0.2, 0.25) is 0 Å². The lowest BCUT2D eigenvalue weighted by atomic mass is 10.2. The maximum atomic E-state index is 11.5. The Kier molecular flexibility index (Phi) is 6.45. The van der Waals surface area contributed by atoms with Crippen molar-refractivity contribution in [3.8, 4) is 5.75 Å². The summed E-state index contributed by atoms with van der Waals surface area (Å²) in [5, 5.41) is 11.0. The molecular weight excluding hydrogens is 276 g/mol. The van der Waals surface area contributed by atoms with Gasteiger partial charge in [-0.15, -0.1) is 0 Å². The molecule has 1 aromatic carbocycles. The Morgan fingerprint density at radius 3 is 2.62 bits per heavy atom. The highest BCUT2D eigenvalue weighted by molar-refractivity contribution is 5.76. The van der Waals surface area contributed by atoms with Crippen molar-refractivity contribution in [3.05, 3.63) is 28.3 Å². The number of anilines is 1. The Balaban J connectivity index is 2.95. The number of likely N-dealkylation sites (N-methyl/N-ethyl adjacent to an activating group) is 1. The van der Waals surface area contributed by atoms with Gasteiger partial charge in [-0.25, -0.2) is 0 Å². The van der Waals surface area contributed by atoms with Gasteiger partial charge in [0.15, 0.2) is 0 Å². The molecule has 0 N–H and O–H groups in total. The molecule has 1 rings (SSSR count). The highest BCUT2D eigenvalue weighted by Gasteiger charge is 2.15. The number of nitrogens with zero attached hydrogens (tertiary/aromatic N) is 2. The van der Waals surface area contributed by atoms with Gasteiger partial charge in [-0.05, 0) is 13.3 Å². The molecule has 0 aliphatic rings. The Morgan fingerprint density at radius 2 is 2.05 bits per heavy atom. The summed E-state index contributed by atoms with van der Waals surface area (Å²) in [7, 11) is 1.67. The molecule has 0 atom stereocenters. The van der Waals surface area contributed by atoms with E-state index >= 15 is 0 Å². The minimum Gasteiger partial charge on any atom is -0.493 e. The first-order valence-electron chi connectivity index (χ1n) is 6.77. The fraction of sp³-hybridized carbons (Fsp3) is 0.500. The lowest BCUT2D eigenvalue weighted by Crippen LogP contribution is -2.27. The standard InChI is InChI=1S/C14H20N2O5/c1-4-6-21-13-8-11(7-12(9-13)16(18)19)15(3)10-14(17)20-5-2/h7-9H,4-6,10H2,1-3H3. The van der Waals surface area contributed by atoms with Crippen molar-refractivity contribution in [1.29, 1.82) is 0 Å². The summed E-state index contributed by atoms with van der Waals surface area (Å²) in [6.45, 7) is 4.46. The number of non-ortho nitro benzene ring substituents is 1. The SMILES string of the molecule is CCCOc1cc(N(C)CC(=O)OCC)cc([N+](=O)[O-])c1. The summed E-state index contributed by atoms with van der Waals surface area (Å²) in [4.78, 5) is 23.5. The molecule has 7 nitrogen and oxygen atoms in total. The quantitative estimate of drug-likeness (QED) is 0.416. The van der Waals surface area contributed by atoms with Gasteiger partial charge in [0.2, 0.25) is 0 Å². The topological polar surface area (TPSA) is 81.9 Å². The summed E-state index contributed by atoms with van der Waals surface area (Å²) >= 11 is 0. The van der Waals surface area contributed by atoms with Gasteiger partial charge in [0.25, 0.3) is 5.69 Å². The molecule has 0 radical (unpaired) electrons. The van der Waals surface area contributed by atoms with Gasteiger partial charge < -0.3 is 14.4 Å². The molecule has 0 unspecified atom stereocenters. The summed E-state index contributed by atoms with van der Waals surface area (Å²) in [5.41, 5.74) is 0.456. The molecule has 7 heteroatoms. The van der Waals surface area contributed by atoms with E-state index in [2.05, 4.69) is 0 Å². The summed E-state index contributed by atoms with van der Waals surface area (Å²) in [6.07, 6.45) is 0.802. The predicted octanol–water partition coefficient (Wildman–Crippen LogP) is 2.38. The van der Waals surface area contributed by atoms with Crippen molar-refractivity contribution < 1.29 is 19.2 Å². The molecule has 0 bridgehead atoms. The second kappa shape index (κ2) is 8.08. The molecule has 0 saturated carbocycles. The number of benzene rings is 1. The summed E-state index contributed by atoms with van der Waals surface area (Å²) < 4.78 is 10.3. The maximum absolute atomic E-state index is 11.5. The smallest absolute Gasteiger partial charge is 0.325 e. The Labute approximate surface area is 123 Å². The number of rotatable bonds is 8. The number of carbonyl (C=O) groups excluding carboxylic acids is 1. The van der Waals surface area contributed by atoms with Gasteiger partial charge in [-0.3, -0.25) is 14.9 Å². The van der Waals surface area contributed by atoms with Crippen molar-refractivity contribution in [1.82, 2.24) is 0 Å². The Bertz CT molecular complexity index is 504. The predicted molar refractivity (Wildman–Crippen MR) is 78.8 cm³/mol. The van der Waals surface area contributed by atoms with Crippen LogP contribution in [-0.4, -0.2) is 37.7 Å². The number of esters is 1. The molecule has 0 aromatic heterocycles. The van der Waals surface area contributed by atoms with Crippen LogP contribution in [0.25, 0.3) is 0 Å². The van der Waals surface area contributed by atoms with Gasteiger partial charge in [0, 0.05) is 24.9 Å². The van der Waals surface area contributed by atoms with E-state index < -0.39 is 4.92 Å². The molecule has 0 spiro atoms. The van der Waals surface area contributed by atoms with Crippen molar-refractivity contribution >= 4 is 17.3 Å². The highest BCUT2D eigenvalue weighted by atomic mass is 16.6. The van der Waals surface area contributed by atoms with Gasteiger partial charge in [-0.1, -0.05) is 6.92 Å². The van der Waals surface area contributed by atoms with E-state index in [0.717, 1.165) is 6.42 Å². The molecule has 0 heterocycles. The summed E-state index contributed by atoms with van der Waals surface area (Å²) in [5.74, 6) is 0.0271. The Morgan fingerprint density at radius 1 is 1.33 bits per heavy atom. The second-order valence-electron chi connectivity index (χ2n) is 4.45. The number of hydrogen-bond acceptors (Lipinski definition) is 6. The second-order valence-corrected chi connectivity index (χ2v) is 4.45. The first kappa shape index (κ1) is 16.7. The average Bonchev–Trinajstić information content (AvgIpc) is 2.44. The zero-order valence-electron chi connectivity index (χ0n) is 12.5. The van der Waals surface area contributed by atoms with E-state index in [-0.39, 0.29) is 18.2 Å². The van der Waals surface area contributed by atoms with E-state index in [9.17, 15) is 14.9 Å². The van der Waals surface area contributed by atoms with E-state index in [1.807, 2.05) is 6.92 Å².